The van der Waals surface area contributed by atoms with Gasteiger partial charge in [0.2, 0.25) is 0 Å². The molecule has 110 valence electrons. The summed E-state index contributed by atoms with van der Waals surface area (Å²) >= 11 is 0. The number of hydrogen-bond acceptors (Lipinski definition) is 3. The van der Waals surface area contributed by atoms with Crippen molar-refractivity contribution < 1.29 is 4.74 Å². The smallest absolute Gasteiger partial charge is 0.0948 e. The third-order valence-corrected chi connectivity index (χ3v) is 3.59. The third-order valence-electron chi connectivity index (χ3n) is 3.59. The molecule has 0 saturated carbocycles. The Morgan fingerprint density at radius 1 is 1.42 bits per heavy atom. The molecule has 1 N–H and O–H groups in total. The minimum atomic E-state index is 0.752. The highest BCUT2D eigenvalue weighted by Crippen LogP contribution is 2.16. The zero-order chi connectivity index (χ0) is 13.9. The molecule has 1 unspecified atom stereocenters. The van der Waals surface area contributed by atoms with Gasteiger partial charge in [-0.05, 0) is 12.3 Å². The molecule has 1 rings (SSSR count). The number of rotatable bonds is 11. The van der Waals surface area contributed by atoms with Gasteiger partial charge < -0.3 is 14.6 Å². The van der Waals surface area contributed by atoms with Crippen LogP contribution in [0, 0.1) is 5.92 Å². The summed E-state index contributed by atoms with van der Waals surface area (Å²) in [6.07, 6.45) is 9.10. The highest BCUT2D eigenvalue weighted by molar-refractivity contribution is 4.98. The van der Waals surface area contributed by atoms with Crippen LogP contribution in [0.3, 0.4) is 0 Å². The number of aromatic nitrogens is 2. The lowest BCUT2D eigenvalue weighted by atomic mass is 9.99. The Hall–Kier alpha value is -0.870. The summed E-state index contributed by atoms with van der Waals surface area (Å²) in [5.41, 5.74) is 1.27. The molecule has 0 radical (unpaired) electrons. The maximum Gasteiger partial charge on any atom is 0.0948 e. The summed E-state index contributed by atoms with van der Waals surface area (Å²) < 4.78 is 7.33. The number of ether oxygens (including phenoxy) is 1. The quantitative estimate of drug-likeness (QED) is 0.627. The normalized spacial score (nSPS) is 12.8. The Labute approximate surface area is 117 Å². The van der Waals surface area contributed by atoms with Crippen LogP contribution in [0.15, 0.2) is 12.5 Å². The topological polar surface area (TPSA) is 39.1 Å². The maximum atomic E-state index is 5.03. The molecule has 0 spiro atoms. The van der Waals surface area contributed by atoms with Gasteiger partial charge in [-0.25, -0.2) is 4.98 Å². The van der Waals surface area contributed by atoms with E-state index in [1.165, 1.54) is 31.4 Å². The zero-order valence-electron chi connectivity index (χ0n) is 12.7. The Bertz CT molecular complexity index is 325. The molecule has 4 nitrogen and oxygen atoms in total. The maximum absolute atomic E-state index is 5.03. The van der Waals surface area contributed by atoms with E-state index in [-0.39, 0.29) is 0 Å². The van der Waals surface area contributed by atoms with Crippen molar-refractivity contribution in [2.45, 2.75) is 52.6 Å². The van der Waals surface area contributed by atoms with Crippen LogP contribution < -0.4 is 5.32 Å². The zero-order valence-corrected chi connectivity index (χ0v) is 12.7. The molecule has 1 atom stereocenters. The molecule has 0 aliphatic carbocycles. The molecule has 0 saturated heterocycles. The Morgan fingerprint density at radius 2 is 2.26 bits per heavy atom. The molecule has 0 fully saturated rings. The van der Waals surface area contributed by atoms with Crippen LogP contribution >= 0.6 is 0 Å². The molecule has 19 heavy (non-hydrogen) atoms. The Morgan fingerprint density at radius 3 is 2.95 bits per heavy atom. The molecule has 0 aliphatic heterocycles. The van der Waals surface area contributed by atoms with Crippen LogP contribution in [0.1, 0.15) is 45.2 Å². The monoisotopic (exact) mass is 267 g/mol. The van der Waals surface area contributed by atoms with Crippen LogP contribution in [0.4, 0.5) is 0 Å². The minimum absolute atomic E-state index is 0.752. The van der Waals surface area contributed by atoms with E-state index in [4.69, 9.17) is 4.74 Å². The Kier molecular flexibility index (Phi) is 8.50. The van der Waals surface area contributed by atoms with E-state index in [9.17, 15) is 0 Å². The fourth-order valence-electron chi connectivity index (χ4n) is 2.25. The van der Waals surface area contributed by atoms with Gasteiger partial charge in [-0.15, -0.1) is 0 Å². The van der Waals surface area contributed by atoms with Crippen molar-refractivity contribution in [1.29, 1.82) is 0 Å². The number of hydrogen-bond donors (Lipinski definition) is 1. The summed E-state index contributed by atoms with van der Waals surface area (Å²) in [5.74, 6) is 0.770. The summed E-state index contributed by atoms with van der Waals surface area (Å²) in [7, 11) is 1.73. The van der Waals surface area contributed by atoms with Crippen molar-refractivity contribution in [3.05, 3.63) is 18.2 Å². The highest BCUT2D eigenvalue weighted by atomic mass is 16.5. The van der Waals surface area contributed by atoms with E-state index in [1.807, 2.05) is 12.5 Å². The second kappa shape index (κ2) is 9.98. The molecule has 0 bridgehead atoms. The number of imidazole rings is 1. The van der Waals surface area contributed by atoms with Crippen LogP contribution in [0.2, 0.25) is 0 Å². The van der Waals surface area contributed by atoms with Crippen LogP contribution in [0.5, 0.6) is 0 Å². The number of methoxy groups -OCH3 is 1. The van der Waals surface area contributed by atoms with E-state index in [0.717, 1.165) is 32.2 Å². The van der Waals surface area contributed by atoms with Crippen molar-refractivity contribution in [3.63, 3.8) is 0 Å². The Balaban J connectivity index is 2.41. The summed E-state index contributed by atoms with van der Waals surface area (Å²) in [6, 6.07) is 0. The second-order valence-electron chi connectivity index (χ2n) is 5.12. The molecule has 4 heteroatoms. The van der Waals surface area contributed by atoms with Crippen molar-refractivity contribution in [2.75, 3.05) is 20.3 Å². The fraction of sp³-hybridized carbons (Fsp3) is 0.800. The molecule has 0 amide bonds. The van der Waals surface area contributed by atoms with Gasteiger partial charge in [-0.3, -0.25) is 0 Å². The van der Waals surface area contributed by atoms with Gasteiger partial charge in [-0.2, -0.15) is 0 Å². The first-order chi connectivity index (χ1) is 9.31. The first-order valence-corrected chi connectivity index (χ1v) is 7.50. The van der Waals surface area contributed by atoms with E-state index in [2.05, 4.69) is 28.7 Å². The average Bonchev–Trinajstić information content (AvgIpc) is 2.87. The number of unbranched alkanes of at least 4 members (excludes halogenated alkanes) is 1. The van der Waals surface area contributed by atoms with Crippen molar-refractivity contribution in [3.8, 4) is 0 Å². The van der Waals surface area contributed by atoms with E-state index < -0.39 is 0 Å². The molecule has 1 aromatic heterocycles. The van der Waals surface area contributed by atoms with Crippen molar-refractivity contribution in [2.24, 2.45) is 5.92 Å². The highest BCUT2D eigenvalue weighted by Gasteiger charge is 2.09. The van der Waals surface area contributed by atoms with E-state index in [1.54, 1.807) is 7.11 Å². The lowest BCUT2D eigenvalue weighted by Crippen LogP contribution is -2.21. The first-order valence-electron chi connectivity index (χ1n) is 7.50. The fourth-order valence-corrected chi connectivity index (χ4v) is 2.25. The molecular weight excluding hydrogens is 238 g/mol. The van der Waals surface area contributed by atoms with Crippen molar-refractivity contribution >= 4 is 0 Å². The van der Waals surface area contributed by atoms with Crippen molar-refractivity contribution in [1.82, 2.24) is 14.9 Å². The molecule has 1 heterocycles. The number of nitrogens with zero attached hydrogens (tertiary/aromatic N) is 2. The molecule has 0 aliphatic rings. The lowest BCUT2D eigenvalue weighted by molar-refractivity contribution is 0.199. The molecular formula is C15H29N3O. The lowest BCUT2D eigenvalue weighted by Gasteiger charge is -2.17. The van der Waals surface area contributed by atoms with Gasteiger partial charge in [0.1, 0.15) is 0 Å². The first kappa shape index (κ1) is 16.2. The van der Waals surface area contributed by atoms with Gasteiger partial charge in [0, 0.05) is 32.9 Å². The predicted octanol–water partition coefficient (Wildman–Crippen LogP) is 2.84. The molecule has 1 aromatic rings. The summed E-state index contributed by atoms with van der Waals surface area (Å²) in [5, 5.41) is 3.38. The van der Waals surface area contributed by atoms with Crippen LogP contribution in [0.25, 0.3) is 0 Å². The second-order valence-corrected chi connectivity index (χ2v) is 5.12. The largest absolute Gasteiger partial charge is 0.383 e. The standard InChI is InChI=1S/C15H29N3O/c1-4-6-7-14(5-2)12-18-13-17-11-15(18)10-16-8-9-19-3/h11,13-14,16H,4-10,12H2,1-3H3. The molecule has 0 aromatic carbocycles. The summed E-state index contributed by atoms with van der Waals surface area (Å²) in [4.78, 5) is 4.28. The van der Waals surface area contributed by atoms with Gasteiger partial charge in [0.15, 0.2) is 0 Å². The third kappa shape index (κ3) is 6.21. The summed E-state index contributed by atoms with van der Waals surface area (Å²) in [6.45, 7) is 8.14. The van der Waals surface area contributed by atoms with Gasteiger partial charge >= 0.3 is 0 Å². The van der Waals surface area contributed by atoms with Crippen LogP contribution in [-0.2, 0) is 17.8 Å². The minimum Gasteiger partial charge on any atom is -0.383 e. The SMILES string of the molecule is CCCCC(CC)Cn1cncc1CNCCOC. The van der Waals surface area contributed by atoms with Gasteiger partial charge in [0.05, 0.1) is 18.6 Å². The predicted molar refractivity (Wildman–Crippen MR) is 79.1 cm³/mol. The van der Waals surface area contributed by atoms with Gasteiger partial charge in [-0.1, -0.05) is 33.1 Å². The van der Waals surface area contributed by atoms with E-state index >= 15 is 0 Å². The van der Waals surface area contributed by atoms with E-state index in [0.29, 0.717) is 0 Å². The number of nitrogens with one attached hydrogen (secondary N) is 1. The van der Waals surface area contributed by atoms with Gasteiger partial charge in [0.25, 0.3) is 0 Å². The van der Waals surface area contributed by atoms with Crippen LogP contribution in [-0.4, -0.2) is 29.8 Å². The average molecular weight is 267 g/mol.